The Morgan fingerprint density at radius 2 is 1.67 bits per heavy atom. The van der Waals surface area contributed by atoms with Gasteiger partial charge in [0.25, 0.3) is 5.69 Å². The minimum atomic E-state index is -0.711. The van der Waals surface area contributed by atoms with Crippen LogP contribution in [0.3, 0.4) is 0 Å². The van der Waals surface area contributed by atoms with E-state index in [0.717, 1.165) is 5.56 Å². The summed E-state index contributed by atoms with van der Waals surface area (Å²) in [6.07, 6.45) is 0. The second-order valence-electron chi connectivity index (χ2n) is 6.82. The second kappa shape index (κ2) is 5.11. The molecule has 0 atom stereocenters. The molecule has 1 aromatic carbocycles. The van der Waals surface area contributed by atoms with E-state index in [4.69, 9.17) is 9.31 Å². The van der Waals surface area contributed by atoms with Crippen LogP contribution in [0, 0.1) is 10.1 Å². The van der Waals surface area contributed by atoms with Crippen molar-refractivity contribution in [3.05, 3.63) is 33.9 Å². The molecule has 1 heterocycles. The molecule has 6 heteroatoms. The van der Waals surface area contributed by atoms with Gasteiger partial charge in [-0.05, 0) is 39.2 Å². The van der Waals surface area contributed by atoms with Crippen molar-refractivity contribution in [2.24, 2.45) is 0 Å². The van der Waals surface area contributed by atoms with Gasteiger partial charge in [0.2, 0.25) is 0 Å². The van der Waals surface area contributed by atoms with Crippen LogP contribution >= 0.6 is 0 Å². The maximum absolute atomic E-state index is 11.4. The number of benzene rings is 1. The van der Waals surface area contributed by atoms with E-state index in [1.54, 1.807) is 12.1 Å². The molecule has 21 heavy (non-hydrogen) atoms. The Labute approximate surface area is 125 Å². The predicted octanol–water partition coefficient (Wildman–Crippen LogP) is 3.02. The largest absolute Gasteiger partial charge is 0.501 e. The highest BCUT2D eigenvalue weighted by atomic mass is 16.7. The number of hydrogen-bond acceptors (Lipinski definition) is 4. The third-order valence-corrected chi connectivity index (χ3v) is 4.43. The summed E-state index contributed by atoms with van der Waals surface area (Å²) in [4.78, 5) is 11.0. The number of nitrogens with zero attached hydrogens (tertiary/aromatic N) is 1. The molecule has 1 aliphatic heterocycles. The van der Waals surface area contributed by atoms with Crippen LogP contribution in [-0.2, 0) is 9.31 Å². The predicted molar refractivity (Wildman–Crippen MR) is 82.9 cm³/mol. The first-order chi connectivity index (χ1) is 9.55. The van der Waals surface area contributed by atoms with Crippen LogP contribution < -0.4 is 5.46 Å². The van der Waals surface area contributed by atoms with Crippen molar-refractivity contribution in [2.45, 2.75) is 58.7 Å². The van der Waals surface area contributed by atoms with E-state index in [1.807, 2.05) is 47.6 Å². The molecule has 0 aromatic heterocycles. The van der Waals surface area contributed by atoms with Crippen LogP contribution in [0.2, 0.25) is 0 Å². The zero-order chi connectivity index (χ0) is 16.0. The van der Waals surface area contributed by atoms with E-state index in [1.165, 1.54) is 0 Å². The van der Waals surface area contributed by atoms with Gasteiger partial charge < -0.3 is 9.31 Å². The molecule has 1 aromatic rings. The van der Waals surface area contributed by atoms with Gasteiger partial charge in [-0.3, -0.25) is 10.1 Å². The molecule has 1 aliphatic rings. The number of rotatable bonds is 3. The van der Waals surface area contributed by atoms with Gasteiger partial charge in [0.1, 0.15) is 0 Å². The van der Waals surface area contributed by atoms with Crippen LogP contribution in [0.4, 0.5) is 5.69 Å². The van der Waals surface area contributed by atoms with Gasteiger partial charge in [-0.15, -0.1) is 0 Å². The number of nitro groups is 1. The lowest BCUT2D eigenvalue weighted by Gasteiger charge is -2.32. The molecule has 0 amide bonds. The highest BCUT2D eigenvalue weighted by Crippen LogP contribution is 2.37. The minimum absolute atomic E-state index is 0.0553. The zero-order valence-corrected chi connectivity index (χ0v) is 13.5. The molecule has 5 nitrogen and oxygen atoms in total. The molecule has 0 radical (unpaired) electrons. The monoisotopic (exact) mass is 291 g/mol. The van der Waals surface area contributed by atoms with Crippen molar-refractivity contribution in [1.82, 2.24) is 0 Å². The second-order valence-corrected chi connectivity index (χ2v) is 6.82. The van der Waals surface area contributed by atoms with Crippen LogP contribution in [0.15, 0.2) is 18.2 Å². The maximum atomic E-state index is 11.4. The standard InChI is InChI=1S/C15H22BNO4/c1-10(2)11-7-8-12(13(9-11)17(18)19)16-20-14(3,4)15(5,6)21-16/h7-10H,1-6H3. The van der Waals surface area contributed by atoms with Gasteiger partial charge in [0, 0.05) is 6.07 Å². The first kappa shape index (κ1) is 16.0. The molecule has 0 unspecified atom stereocenters. The lowest BCUT2D eigenvalue weighted by atomic mass is 9.77. The summed E-state index contributed by atoms with van der Waals surface area (Å²) in [6, 6.07) is 5.26. The summed E-state index contributed by atoms with van der Waals surface area (Å²) in [6.45, 7) is 11.7. The molecule has 0 bridgehead atoms. The molecule has 1 fully saturated rings. The first-order valence-electron chi connectivity index (χ1n) is 7.19. The van der Waals surface area contributed by atoms with E-state index in [-0.39, 0.29) is 16.5 Å². The van der Waals surface area contributed by atoms with Crippen LogP contribution in [0.5, 0.6) is 0 Å². The summed E-state index contributed by atoms with van der Waals surface area (Å²) in [5.41, 5.74) is 0.439. The zero-order valence-electron chi connectivity index (χ0n) is 13.5. The van der Waals surface area contributed by atoms with E-state index in [9.17, 15) is 10.1 Å². The lowest BCUT2D eigenvalue weighted by molar-refractivity contribution is -0.383. The smallest absolute Gasteiger partial charge is 0.399 e. The Morgan fingerprint density at radius 1 is 1.14 bits per heavy atom. The van der Waals surface area contributed by atoms with Gasteiger partial charge in [-0.1, -0.05) is 26.0 Å². The summed E-state index contributed by atoms with van der Waals surface area (Å²) in [7, 11) is -0.711. The van der Waals surface area contributed by atoms with Crippen molar-refractivity contribution >= 4 is 18.3 Å². The first-order valence-corrected chi connectivity index (χ1v) is 7.19. The summed E-state index contributed by atoms with van der Waals surface area (Å²) in [5, 5.41) is 11.4. The van der Waals surface area contributed by atoms with E-state index in [0.29, 0.717) is 5.46 Å². The Hall–Kier alpha value is -1.40. The average molecular weight is 291 g/mol. The van der Waals surface area contributed by atoms with Gasteiger partial charge >= 0.3 is 7.12 Å². The van der Waals surface area contributed by atoms with Crippen LogP contribution in [0.25, 0.3) is 0 Å². The topological polar surface area (TPSA) is 61.6 Å². The van der Waals surface area contributed by atoms with Gasteiger partial charge in [-0.25, -0.2) is 0 Å². The average Bonchev–Trinajstić information content (AvgIpc) is 2.57. The highest BCUT2D eigenvalue weighted by molar-refractivity contribution is 6.63. The van der Waals surface area contributed by atoms with Crippen molar-refractivity contribution in [1.29, 1.82) is 0 Å². The Kier molecular flexibility index (Phi) is 3.89. The van der Waals surface area contributed by atoms with Crippen molar-refractivity contribution in [2.75, 3.05) is 0 Å². The summed E-state index contributed by atoms with van der Waals surface area (Å²) < 4.78 is 11.8. The molecule has 0 aliphatic carbocycles. The fourth-order valence-electron chi connectivity index (χ4n) is 2.25. The van der Waals surface area contributed by atoms with Crippen LogP contribution in [-0.4, -0.2) is 23.2 Å². The Morgan fingerprint density at radius 3 is 2.10 bits per heavy atom. The summed E-state index contributed by atoms with van der Waals surface area (Å²) in [5.74, 6) is 0.232. The maximum Gasteiger partial charge on any atom is 0.501 e. The summed E-state index contributed by atoms with van der Waals surface area (Å²) >= 11 is 0. The molecular weight excluding hydrogens is 269 g/mol. The third-order valence-electron chi connectivity index (χ3n) is 4.43. The van der Waals surface area contributed by atoms with Crippen LogP contribution in [0.1, 0.15) is 53.0 Å². The fourth-order valence-corrected chi connectivity index (χ4v) is 2.25. The molecule has 114 valence electrons. The van der Waals surface area contributed by atoms with E-state index in [2.05, 4.69) is 0 Å². The van der Waals surface area contributed by atoms with Gasteiger partial charge in [0.05, 0.1) is 21.6 Å². The molecule has 0 N–H and O–H groups in total. The number of nitro benzene ring substituents is 1. The van der Waals surface area contributed by atoms with E-state index < -0.39 is 18.3 Å². The minimum Gasteiger partial charge on any atom is -0.399 e. The Balaban J connectivity index is 2.44. The molecule has 0 saturated carbocycles. The molecular formula is C15H22BNO4. The highest BCUT2D eigenvalue weighted by Gasteiger charge is 2.53. The molecule has 2 rings (SSSR count). The van der Waals surface area contributed by atoms with Crippen molar-refractivity contribution < 1.29 is 14.2 Å². The SMILES string of the molecule is CC(C)c1ccc(B2OC(C)(C)C(C)(C)O2)c([N+](=O)[O-])c1. The lowest BCUT2D eigenvalue weighted by Crippen LogP contribution is -2.41. The van der Waals surface area contributed by atoms with E-state index >= 15 is 0 Å². The quantitative estimate of drug-likeness (QED) is 0.488. The van der Waals surface area contributed by atoms with Crippen molar-refractivity contribution in [3.63, 3.8) is 0 Å². The molecule has 0 spiro atoms. The number of hydrogen-bond donors (Lipinski definition) is 0. The fraction of sp³-hybridized carbons (Fsp3) is 0.600. The van der Waals surface area contributed by atoms with Gasteiger partial charge in [0.15, 0.2) is 0 Å². The Bertz CT molecular complexity index is 553. The third kappa shape index (κ3) is 2.83. The molecule has 1 saturated heterocycles. The van der Waals surface area contributed by atoms with Gasteiger partial charge in [-0.2, -0.15) is 0 Å². The normalized spacial score (nSPS) is 20.0. The van der Waals surface area contributed by atoms with Crippen molar-refractivity contribution in [3.8, 4) is 0 Å².